The number of pyridine rings is 1. The number of nitrogens with zero attached hydrogens (tertiary/aromatic N) is 1. The van der Waals surface area contributed by atoms with Gasteiger partial charge in [0.2, 0.25) is 5.75 Å². The number of benzene rings is 3. The number of hydrogen-bond acceptors (Lipinski definition) is 5. The molecule has 0 saturated carbocycles. The minimum absolute atomic E-state index is 0.0815. The smallest absolute Gasteiger partial charge is 0.258 e. The minimum atomic E-state index is -0.307. The van der Waals surface area contributed by atoms with E-state index >= 15 is 0 Å². The third-order valence-electron chi connectivity index (χ3n) is 5.96. The number of rotatable bonds is 7. The molecule has 0 spiro atoms. The van der Waals surface area contributed by atoms with Crippen LogP contribution in [0.5, 0.6) is 17.2 Å². The third-order valence-corrected chi connectivity index (χ3v) is 5.96. The maximum atomic E-state index is 13.9. The van der Waals surface area contributed by atoms with Crippen LogP contribution in [-0.4, -0.2) is 32.2 Å². The lowest BCUT2D eigenvalue weighted by atomic mass is 10.1. The summed E-state index contributed by atoms with van der Waals surface area (Å²) in [5.41, 5.74) is 4.02. The first kappa shape index (κ1) is 23.9. The van der Waals surface area contributed by atoms with Gasteiger partial charge in [-0.05, 0) is 60.7 Å². The molecule has 0 atom stereocenters. The number of carbonyl (C=O) groups excluding carboxylic acids is 1. The highest BCUT2D eigenvalue weighted by Gasteiger charge is 2.24. The van der Waals surface area contributed by atoms with Crippen molar-refractivity contribution in [2.45, 2.75) is 20.4 Å². The lowest BCUT2D eigenvalue weighted by Gasteiger charge is -2.24. The number of carbonyl (C=O) groups is 1. The molecule has 0 fully saturated rings. The lowest BCUT2D eigenvalue weighted by molar-refractivity contribution is 0.0984. The summed E-state index contributed by atoms with van der Waals surface area (Å²) in [5.74, 6) is 0.838. The molecule has 1 N–H and O–H groups in total. The molecule has 0 aliphatic heterocycles. The van der Waals surface area contributed by atoms with Crippen LogP contribution in [0.2, 0.25) is 0 Å². The number of fused-ring (bicyclic) bond motifs is 1. The number of methoxy groups -OCH3 is 3. The van der Waals surface area contributed by atoms with E-state index in [4.69, 9.17) is 14.2 Å². The van der Waals surface area contributed by atoms with Crippen LogP contribution in [0.1, 0.15) is 27.0 Å². The van der Waals surface area contributed by atoms with E-state index in [9.17, 15) is 9.59 Å². The van der Waals surface area contributed by atoms with Crippen LogP contribution in [-0.2, 0) is 6.54 Å². The molecule has 1 amide bonds. The topological polar surface area (TPSA) is 80.9 Å². The average molecular weight is 473 g/mol. The van der Waals surface area contributed by atoms with Crippen molar-refractivity contribution >= 4 is 22.5 Å². The third kappa shape index (κ3) is 4.71. The second kappa shape index (κ2) is 9.93. The SMILES string of the molecule is COc1cc(C(=O)N(Cc2cc3cccc(C)c3[nH]c2=O)c2cccc(C)c2)cc(OC)c1OC. The molecule has 7 nitrogen and oxygen atoms in total. The van der Waals surface area contributed by atoms with Crippen molar-refractivity contribution in [3.05, 3.63) is 93.3 Å². The lowest BCUT2D eigenvalue weighted by Crippen LogP contribution is -2.33. The molecule has 0 unspecified atom stereocenters. The molecule has 35 heavy (non-hydrogen) atoms. The van der Waals surface area contributed by atoms with Gasteiger partial charge < -0.3 is 24.1 Å². The average Bonchev–Trinajstić information content (AvgIpc) is 2.86. The number of H-pyrrole nitrogens is 1. The summed E-state index contributed by atoms with van der Waals surface area (Å²) in [6.45, 7) is 3.99. The van der Waals surface area contributed by atoms with Crippen molar-refractivity contribution in [1.29, 1.82) is 0 Å². The van der Waals surface area contributed by atoms with E-state index in [0.29, 0.717) is 34.1 Å². The van der Waals surface area contributed by atoms with Crippen LogP contribution in [0.25, 0.3) is 10.9 Å². The van der Waals surface area contributed by atoms with Gasteiger partial charge in [-0.2, -0.15) is 0 Å². The van der Waals surface area contributed by atoms with Crippen molar-refractivity contribution in [2.24, 2.45) is 0 Å². The maximum absolute atomic E-state index is 13.9. The predicted octanol–water partition coefficient (Wildman–Crippen LogP) is 5.02. The molecule has 0 aliphatic carbocycles. The zero-order valence-electron chi connectivity index (χ0n) is 20.5. The first-order valence-corrected chi connectivity index (χ1v) is 11.2. The second-order valence-corrected chi connectivity index (χ2v) is 8.31. The molecule has 180 valence electrons. The molecule has 1 heterocycles. The summed E-state index contributed by atoms with van der Waals surface area (Å²) < 4.78 is 16.3. The largest absolute Gasteiger partial charge is 0.493 e. The van der Waals surface area contributed by atoms with Crippen molar-refractivity contribution in [3.8, 4) is 17.2 Å². The van der Waals surface area contributed by atoms with Gasteiger partial charge in [0.25, 0.3) is 11.5 Å². The molecule has 7 heteroatoms. The molecule has 3 aromatic carbocycles. The van der Waals surface area contributed by atoms with Crippen LogP contribution in [0, 0.1) is 13.8 Å². The molecular formula is C28H28N2O5. The summed E-state index contributed by atoms with van der Waals surface area (Å²) in [7, 11) is 4.51. The number of hydrogen-bond donors (Lipinski definition) is 1. The van der Waals surface area contributed by atoms with Crippen LogP contribution in [0.15, 0.2) is 65.5 Å². The van der Waals surface area contributed by atoms with Crippen LogP contribution in [0.3, 0.4) is 0 Å². The molecule has 0 saturated heterocycles. The first-order valence-electron chi connectivity index (χ1n) is 11.2. The highest BCUT2D eigenvalue weighted by atomic mass is 16.5. The number of aromatic amines is 1. The van der Waals surface area contributed by atoms with E-state index < -0.39 is 0 Å². The summed E-state index contributed by atoms with van der Waals surface area (Å²) in [4.78, 5) is 31.5. The molecule has 0 aliphatic rings. The van der Waals surface area contributed by atoms with Crippen molar-refractivity contribution < 1.29 is 19.0 Å². The van der Waals surface area contributed by atoms with E-state index in [0.717, 1.165) is 22.0 Å². The Balaban J connectivity index is 1.84. The first-order chi connectivity index (χ1) is 16.9. The summed E-state index contributed by atoms with van der Waals surface area (Å²) in [5, 5.41) is 0.907. The number of para-hydroxylation sites is 1. The van der Waals surface area contributed by atoms with E-state index in [2.05, 4.69) is 4.98 Å². The standard InChI is InChI=1S/C28H28N2O5/c1-17-8-6-11-22(12-17)30(16-21-13-19-10-7-9-18(2)25(19)29-27(21)31)28(32)20-14-23(33-3)26(35-5)24(15-20)34-4/h6-15H,16H2,1-5H3,(H,29,31). The number of ether oxygens (including phenoxy) is 3. The highest BCUT2D eigenvalue weighted by molar-refractivity contribution is 6.07. The van der Waals surface area contributed by atoms with Gasteiger partial charge in [-0.3, -0.25) is 9.59 Å². The summed E-state index contributed by atoms with van der Waals surface area (Å²) in [6.07, 6.45) is 0. The van der Waals surface area contributed by atoms with Crippen LogP contribution < -0.4 is 24.7 Å². The Labute approximate surface area is 203 Å². The molecule has 0 bridgehead atoms. The van der Waals surface area contributed by atoms with Crippen LogP contribution >= 0.6 is 0 Å². The Bertz CT molecular complexity index is 1430. The number of aromatic nitrogens is 1. The molecule has 0 radical (unpaired) electrons. The highest BCUT2D eigenvalue weighted by Crippen LogP contribution is 2.39. The quantitative estimate of drug-likeness (QED) is 0.409. The van der Waals surface area contributed by atoms with E-state index in [-0.39, 0.29) is 18.0 Å². The molecule has 1 aromatic heterocycles. The fourth-order valence-corrected chi connectivity index (χ4v) is 4.15. The van der Waals surface area contributed by atoms with Gasteiger partial charge in [-0.25, -0.2) is 0 Å². The Hall–Kier alpha value is -4.26. The van der Waals surface area contributed by atoms with E-state index in [1.54, 1.807) is 17.0 Å². The monoisotopic (exact) mass is 472 g/mol. The Kier molecular flexibility index (Phi) is 6.78. The van der Waals surface area contributed by atoms with Gasteiger partial charge in [-0.1, -0.05) is 30.3 Å². The van der Waals surface area contributed by atoms with Gasteiger partial charge in [0.1, 0.15) is 0 Å². The van der Waals surface area contributed by atoms with Gasteiger partial charge in [0.15, 0.2) is 11.5 Å². The number of amides is 1. The van der Waals surface area contributed by atoms with Gasteiger partial charge in [0.05, 0.1) is 33.4 Å². The van der Waals surface area contributed by atoms with Crippen molar-refractivity contribution in [3.63, 3.8) is 0 Å². The molecular weight excluding hydrogens is 444 g/mol. The van der Waals surface area contributed by atoms with E-state index in [1.165, 1.54) is 21.3 Å². The normalized spacial score (nSPS) is 10.8. The van der Waals surface area contributed by atoms with Crippen LogP contribution in [0.4, 0.5) is 5.69 Å². The predicted molar refractivity (Wildman–Crippen MR) is 137 cm³/mol. The maximum Gasteiger partial charge on any atom is 0.258 e. The fourth-order valence-electron chi connectivity index (χ4n) is 4.15. The zero-order chi connectivity index (χ0) is 25.1. The zero-order valence-corrected chi connectivity index (χ0v) is 20.5. The summed E-state index contributed by atoms with van der Waals surface area (Å²) >= 11 is 0. The van der Waals surface area contributed by atoms with Gasteiger partial charge in [-0.15, -0.1) is 0 Å². The Morgan fingerprint density at radius 2 is 1.57 bits per heavy atom. The molecule has 4 aromatic rings. The summed E-state index contributed by atoms with van der Waals surface area (Å²) in [6, 6.07) is 18.5. The Morgan fingerprint density at radius 3 is 2.20 bits per heavy atom. The van der Waals surface area contributed by atoms with Gasteiger partial charge >= 0.3 is 0 Å². The number of anilines is 1. The second-order valence-electron chi connectivity index (χ2n) is 8.31. The van der Waals surface area contributed by atoms with E-state index in [1.807, 2.05) is 62.4 Å². The van der Waals surface area contributed by atoms with Crippen molar-refractivity contribution in [1.82, 2.24) is 4.98 Å². The Morgan fingerprint density at radius 1 is 0.886 bits per heavy atom. The van der Waals surface area contributed by atoms with Gasteiger partial charge in [0, 0.05) is 16.8 Å². The minimum Gasteiger partial charge on any atom is -0.493 e. The molecule has 4 rings (SSSR count). The fraction of sp³-hybridized carbons (Fsp3) is 0.214. The number of aryl methyl sites for hydroxylation is 2. The van der Waals surface area contributed by atoms with Crippen molar-refractivity contribution in [2.75, 3.05) is 26.2 Å². The number of nitrogens with one attached hydrogen (secondary N) is 1.